The van der Waals surface area contributed by atoms with Gasteiger partial charge in [0.25, 0.3) is 5.91 Å². The Morgan fingerprint density at radius 3 is 2.58 bits per heavy atom. The van der Waals surface area contributed by atoms with Gasteiger partial charge in [0.05, 0.1) is 19.2 Å². The molecule has 33 heavy (non-hydrogen) atoms. The number of amides is 2. The van der Waals surface area contributed by atoms with Gasteiger partial charge < -0.3 is 14.5 Å². The van der Waals surface area contributed by atoms with Crippen LogP contribution in [0.15, 0.2) is 12.1 Å². The lowest BCUT2D eigenvalue weighted by atomic mass is 9.82. The maximum atomic E-state index is 14.9. The molecule has 3 fully saturated rings. The van der Waals surface area contributed by atoms with Crippen molar-refractivity contribution in [2.75, 3.05) is 52.3 Å². The van der Waals surface area contributed by atoms with Crippen LogP contribution in [0.4, 0.5) is 14.6 Å². The van der Waals surface area contributed by atoms with E-state index in [1.807, 2.05) is 6.07 Å². The van der Waals surface area contributed by atoms with Crippen molar-refractivity contribution in [3.8, 4) is 0 Å². The number of hydrogen-bond acceptors (Lipinski definition) is 5. The van der Waals surface area contributed by atoms with Gasteiger partial charge in [-0.1, -0.05) is 11.6 Å². The van der Waals surface area contributed by atoms with Crippen LogP contribution in [0.5, 0.6) is 0 Å². The monoisotopic (exact) mass is 485 g/mol. The topological polar surface area (TPSA) is 62.7 Å². The Morgan fingerprint density at radius 2 is 2.03 bits per heavy atom. The molecule has 4 rings (SSSR count). The van der Waals surface area contributed by atoms with Crippen molar-refractivity contribution in [1.82, 2.24) is 9.88 Å². The molecular formula is C23H32ClF2N4O3+. The molecule has 1 aromatic rings. The fraction of sp³-hybridized carbons (Fsp3) is 0.696. The zero-order chi connectivity index (χ0) is 24.0. The number of hydrogen-bond donors (Lipinski definition) is 0. The summed E-state index contributed by atoms with van der Waals surface area (Å²) in [5.74, 6) is 0.490. The summed E-state index contributed by atoms with van der Waals surface area (Å²) in [6.07, 6.45) is 3.84. The minimum absolute atomic E-state index is 0.119. The maximum Gasteiger partial charge on any atom is 0.440 e. The number of rotatable bonds is 6. The van der Waals surface area contributed by atoms with Crippen molar-refractivity contribution in [1.29, 1.82) is 0 Å². The second kappa shape index (κ2) is 8.74. The summed E-state index contributed by atoms with van der Waals surface area (Å²) in [6.45, 7) is 1.94. The highest BCUT2D eigenvalue weighted by Crippen LogP contribution is 2.56. The molecule has 0 aliphatic carbocycles. The highest BCUT2D eigenvalue weighted by Gasteiger charge is 2.87. The van der Waals surface area contributed by atoms with Crippen molar-refractivity contribution in [2.24, 2.45) is 5.92 Å². The average molecular weight is 486 g/mol. The number of likely N-dealkylation sites (tertiary alicyclic amines) is 1. The molecule has 0 bridgehead atoms. The number of anilines is 1. The molecular weight excluding hydrogens is 454 g/mol. The zero-order valence-electron chi connectivity index (χ0n) is 19.5. The summed E-state index contributed by atoms with van der Waals surface area (Å²) >= 11 is 6.24. The lowest BCUT2D eigenvalue weighted by molar-refractivity contribution is -0.975. The quantitative estimate of drug-likeness (QED) is 0.267. The van der Waals surface area contributed by atoms with Gasteiger partial charge in [0.15, 0.2) is 0 Å². The molecule has 3 saturated heterocycles. The van der Waals surface area contributed by atoms with Crippen LogP contribution in [0.2, 0.25) is 5.15 Å². The number of carbonyl (C=O) groups is 2. The molecule has 2 unspecified atom stereocenters. The number of β-lactam (4-membered cyclic amide) rings is 1. The van der Waals surface area contributed by atoms with Gasteiger partial charge in [-0.05, 0) is 50.2 Å². The maximum absolute atomic E-state index is 14.9. The smallest absolute Gasteiger partial charge is 0.357 e. The summed E-state index contributed by atoms with van der Waals surface area (Å²) in [5.41, 5.74) is -1.51. The fourth-order valence-corrected chi connectivity index (χ4v) is 5.67. The Bertz CT molecular complexity index is 930. The molecule has 0 N–H and O–H groups in total. The second-order valence-electron chi connectivity index (χ2n) is 9.82. The van der Waals surface area contributed by atoms with Gasteiger partial charge in [-0.15, -0.1) is 8.78 Å². The molecule has 3 aliphatic rings. The van der Waals surface area contributed by atoms with Crippen LogP contribution in [0.25, 0.3) is 0 Å². The van der Waals surface area contributed by atoms with E-state index in [-0.39, 0.29) is 30.6 Å². The second-order valence-corrected chi connectivity index (χ2v) is 10.2. The molecule has 0 radical (unpaired) electrons. The van der Waals surface area contributed by atoms with Crippen molar-refractivity contribution < 1.29 is 27.6 Å². The third-order valence-corrected chi connectivity index (χ3v) is 7.84. The van der Waals surface area contributed by atoms with Gasteiger partial charge in [0.1, 0.15) is 11.0 Å². The number of piperidine rings is 1. The number of carbonyl (C=O) groups excluding carboxylic acids is 2. The van der Waals surface area contributed by atoms with Crippen molar-refractivity contribution >= 4 is 29.2 Å². The molecule has 7 nitrogen and oxygen atoms in total. The van der Waals surface area contributed by atoms with E-state index in [1.54, 1.807) is 20.2 Å². The molecule has 0 saturated carbocycles. The van der Waals surface area contributed by atoms with Crippen molar-refractivity contribution in [2.45, 2.75) is 50.2 Å². The number of pyridine rings is 1. The van der Waals surface area contributed by atoms with Gasteiger partial charge in [0, 0.05) is 40.2 Å². The largest absolute Gasteiger partial charge is 0.440 e. The number of alkyl halides is 2. The molecule has 2 amide bonds. The number of halogens is 3. The zero-order valence-corrected chi connectivity index (χ0v) is 20.2. The van der Waals surface area contributed by atoms with Crippen molar-refractivity contribution in [3.63, 3.8) is 0 Å². The van der Waals surface area contributed by atoms with Gasteiger partial charge in [-0.3, -0.25) is 4.79 Å². The summed E-state index contributed by atoms with van der Waals surface area (Å²) in [7, 11) is 4.68. The fourth-order valence-electron chi connectivity index (χ4n) is 5.44. The van der Waals surface area contributed by atoms with E-state index in [0.717, 1.165) is 38.2 Å². The highest BCUT2D eigenvalue weighted by atomic mass is 35.5. The first-order valence-corrected chi connectivity index (χ1v) is 12.0. The van der Waals surface area contributed by atoms with Crippen molar-refractivity contribution in [3.05, 3.63) is 22.8 Å². The van der Waals surface area contributed by atoms with Crippen LogP contribution >= 0.6 is 11.6 Å². The predicted molar refractivity (Wildman–Crippen MR) is 120 cm³/mol. The van der Waals surface area contributed by atoms with Crippen LogP contribution in [0, 0.1) is 5.92 Å². The third kappa shape index (κ3) is 3.82. The van der Waals surface area contributed by atoms with E-state index in [4.69, 9.17) is 16.3 Å². The summed E-state index contributed by atoms with van der Waals surface area (Å²) in [4.78, 5) is 32.8. The number of quaternary nitrogens is 1. The SMILES string of the molecule is CN(C)C(=O)c1ccc(N2CCC(CCC[N+]3(C)C(=O)C4(CCCO4)C3(F)F)CC2)nc1Cl. The molecule has 4 heterocycles. The van der Waals surface area contributed by atoms with Crippen LogP contribution in [0.1, 0.15) is 48.9 Å². The normalized spacial score (nSPS) is 29.4. The Kier molecular flexibility index (Phi) is 6.44. The predicted octanol–water partition coefficient (Wildman–Crippen LogP) is 3.56. The summed E-state index contributed by atoms with van der Waals surface area (Å²) in [5, 5.41) is 0.189. The summed E-state index contributed by atoms with van der Waals surface area (Å²) in [6, 6.07) is 0.357. The van der Waals surface area contributed by atoms with Gasteiger partial charge >= 0.3 is 17.6 Å². The van der Waals surface area contributed by atoms with Crippen LogP contribution in [-0.2, 0) is 9.53 Å². The van der Waals surface area contributed by atoms with E-state index in [0.29, 0.717) is 24.3 Å². The number of ether oxygens (including phenoxy) is 1. The van der Waals surface area contributed by atoms with Crippen LogP contribution < -0.4 is 4.90 Å². The number of likely N-dealkylation sites (N-methyl/N-ethyl adjacent to an activating group) is 1. The lowest BCUT2D eigenvalue weighted by Crippen LogP contribution is -2.87. The molecule has 1 aromatic heterocycles. The van der Waals surface area contributed by atoms with E-state index >= 15 is 0 Å². The Hall–Kier alpha value is -1.84. The van der Waals surface area contributed by atoms with Crippen LogP contribution in [0.3, 0.4) is 0 Å². The first-order chi connectivity index (χ1) is 15.5. The lowest BCUT2D eigenvalue weighted by Gasteiger charge is -2.54. The Balaban J connectivity index is 1.27. The Morgan fingerprint density at radius 1 is 1.33 bits per heavy atom. The average Bonchev–Trinajstić information content (AvgIpc) is 3.31. The highest BCUT2D eigenvalue weighted by molar-refractivity contribution is 6.32. The number of nitrogens with zero attached hydrogens (tertiary/aromatic N) is 4. The van der Waals surface area contributed by atoms with Gasteiger partial charge in [-0.25, -0.2) is 9.78 Å². The molecule has 3 aliphatic heterocycles. The minimum atomic E-state index is -3.16. The van der Waals surface area contributed by atoms with Gasteiger partial charge in [-0.2, -0.15) is 4.48 Å². The molecule has 10 heteroatoms. The molecule has 1 spiro atoms. The molecule has 2 atom stereocenters. The van der Waals surface area contributed by atoms with Gasteiger partial charge in [0.2, 0.25) is 0 Å². The first-order valence-electron chi connectivity index (χ1n) is 11.6. The number of aromatic nitrogens is 1. The first kappa shape index (κ1) is 24.3. The Labute approximate surface area is 198 Å². The van der Waals surface area contributed by atoms with E-state index in [9.17, 15) is 18.4 Å². The third-order valence-electron chi connectivity index (χ3n) is 7.55. The molecule has 182 valence electrons. The van der Waals surface area contributed by atoms with E-state index in [2.05, 4.69) is 9.88 Å². The minimum Gasteiger partial charge on any atom is -0.357 e. The van der Waals surface area contributed by atoms with E-state index < -0.39 is 22.0 Å². The molecule has 0 aromatic carbocycles. The standard InChI is InChI=1S/C23H32ClF2N4O3/c1-28(2)20(31)17-7-8-18(27-19(17)24)29-12-9-16(10-13-29)6-4-14-30(3)21(32)22(23(30,25)26)11-5-15-33-22/h7-8,16H,4-6,9-15H2,1-3H3/q+1. The van der Waals surface area contributed by atoms with E-state index in [1.165, 1.54) is 11.9 Å². The summed E-state index contributed by atoms with van der Waals surface area (Å²) < 4.78 is 34.3. The van der Waals surface area contributed by atoms with Crippen LogP contribution in [-0.4, -0.2) is 85.2 Å².